The van der Waals surface area contributed by atoms with Crippen molar-refractivity contribution in [3.63, 3.8) is 0 Å². The van der Waals surface area contributed by atoms with E-state index < -0.39 is 28.5 Å². The van der Waals surface area contributed by atoms with Crippen molar-refractivity contribution in [3.8, 4) is 0 Å². The maximum absolute atomic E-state index is 13.9. The number of rotatable bonds is 4. The van der Waals surface area contributed by atoms with Gasteiger partial charge in [0.1, 0.15) is 18.9 Å². The Bertz CT molecular complexity index is 607. The van der Waals surface area contributed by atoms with Gasteiger partial charge in [-0.1, -0.05) is 30.3 Å². The van der Waals surface area contributed by atoms with Crippen molar-refractivity contribution in [2.75, 3.05) is 19.3 Å². The van der Waals surface area contributed by atoms with Gasteiger partial charge in [0.15, 0.2) is 0 Å². The molecule has 0 aliphatic carbocycles. The first-order chi connectivity index (χ1) is 10.3. The lowest BCUT2D eigenvalue weighted by atomic mass is 10.1. The quantitative estimate of drug-likeness (QED) is 0.786. The Hall–Kier alpha value is -1.67. The summed E-state index contributed by atoms with van der Waals surface area (Å²) >= 11 is 0. The predicted molar refractivity (Wildman–Crippen MR) is 77.4 cm³/mol. The smallest absolute Gasteiger partial charge is 0.410 e. The van der Waals surface area contributed by atoms with Crippen LogP contribution in [0.15, 0.2) is 30.3 Å². The second-order valence-electron chi connectivity index (χ2n) is 5.13. The van der Waals surface area contributed by atoms with E-state index in [1.807, 2.05) is 30.3 Å². The fourth-order valence-corrected chi connectivity index (χ4v) is 2.86. The molecule has 0 N–H and O–H groups in total. The average molecular weight is 331 g/mol. The number of hydrogen-bond donors (Lipinski definition) is 0. The summed E-state index contributed by atoms with van der Waals surface area (Å²) in [4.78, 5) is 13.1. The summed E-state index contributed by atoms with van der Waals surface area (Å²) in [6, 6.07) is 9.14. The largest absolute Gasteiger partial charge is 0.445 e. The van der Waals surface area contributed by atoms with Crippen LogP contribution < -0.4 is 0 Å². The van der Waals surface area contributed by atoms with Crippen molar-refractivity contribution in [2.45, 2.75) is 25.3 Å². The summed E-state index contributed by atoms with van der Waals surface area (Å²) in [7, 11) is -3.72. The number of carbonyl (C=O) groups is 1. The molecule has 0 bridgehead atoms. The number of ether oxygens (including phenoxy) is 1. The Morgan fingerprint density at radius 2 is 2.05 bits per heavy atom. The second kappa shape index (κ2) is 7.06. The van der Waals surface area contributed by atoms with Crippen molar-refractivity contribution in [2.24, 2.45) is 0 Å². The van der Waals surface area contributed by atoms with Crippen molar-refractivity contribution < 1.29 is 26.5 Å². The van der Waals surface area contributed by atoms with Crippen LogP contribution >= 0.6 is 0 Å². The fraction of sp³-hybridized carbons (Fsp3) is 0.500. The summed E-state index contributed by atoms with van der Waals surface area (Å²) in [6.07, 6.45) is -2.25. The lowest BCUT2D eigenvalue weighted by Crippen LogP contribution is -2.48. The van der Waals surface area contributed by atoms with Crippen LogP contribution in [-0.4, -0.2) is 51.0 Å². The highest BCUT2D eigenvalue weighted by atomic mass is 32.2. The van der Waals surface area contributed by atoms with Crippen LogP contribution in [-0.2, 0) is 25.6 Å². The van der Waals surface area contributed by atoms with E-state index in [0.717, 1.165) is 11.8 Å². The first-order valence-electron chi connectivity index (χ1n) is 6.83. The molecule has 2 unspecified atom stereocenters. The van der Waals surface area contributed by atoms with Crippen molar-refractivity contribution in [3.05, 3.63) is 35.9 Å². The summed E-state index contributed by atoms with van der Waals surface area (Å²) < 4.78 is 45.7. The Kier molecular flexibility index (Phi) is 5.36. The van der Waals surface area contributed by atoms with E-state index in [2.05, 4.69) is 4.18 Å². The lowest BCUT2D eigenvalue weighted by Gasteiger charge is -2.33. The van der Waals surface area contributed by atoms with Crippen LogP contribution in [0.5, 0.6) is 0 Å². The SMILES string of the molecule is CS(=O)(=O)OC1CCN(C(=O)OCc2ccccc2)CC1F. The third-order valence-electron chi connectivity index (χ3n) is 3.24. The number of benzene rings is 1. The molecule has 1 aliphatic rings. The molecule has 1 fully saturated rings. The third-order valence-corrected chi connectivity index (χ3v) is 3.84. The molecule has 1 amide bonds. The Morgan fingerprint density at radius 3 is 2.64 bits per heavy atom. The molecule has 8 heteroatoms. The van der Waals surface area contributed by atoms with E-state index in [1.165, 1.54) is 4.90 Å². The number of alkyl halides is 1. The molecule has 122 valence electrons. The Balaban J connectivity index is 1.83. The van der Waals surface area contributed by atoms with Gasteiger partial charge in [-0.05, 0) is 12.0 Å². The normalized spacial score (nSPS) is 22.4. The van der Waals surface area contributed by atoms with Gasteiger partial charge in [0.05, 0.1) is 12.8 Å². The van der Waals surface area contributed by atoms with Crippen LogP contribution in [0.2, 0.25) is 0 Å². The first-order valence-corrected chi connectivity index (χ1v) is 8.65. The summed E-state index contributed by atoms with van der Waals surface area (Å²) in [5.41, 5.74) is 0.836. The minimum Gasteiger partial charge on any atom is -0.445 e. The molecular weight excluding hydrogens is 313 g/mol. The van der Waals surface area contributed by atoms with Gasteiger partial charge >= 0.3 is 6.09 Å². The van der Waals surface area contributed by atoms with Gasteiger partial charge in [-0.25, -0.2) is 9.18 Å². The van der Waals surface area contributed by atoms with Gasteiger partial charge in [0, 0.05) is 6.54 Å². The number of nitrogens with zero attached hydrogens (tertiary/aromatic N) is 1. The molecular formula is C14H18FNO5S. The molecule has 1 aromatic rings. The van der Waals surface area contributed by atoms with Crippen LogP contribution in [0, 0.1) is 0 Å². The van der Waals surface area contributed by atoms with Gasteiger partial charge in [0.2, 0.25) is 0 Å². The van der Waals surface area contributed by atoms with E-state index >= 15 is 0 Å². The molecule has 22 heavy (non-hydrogen) atoms. The van der Waals surface area contributed by atoms with Crippen LogP contribution in [0.3, 0.4) is 0 Å². The molecule has 0 saturated carbocycles. The highest BCUT2D eigenvalue weighted by Gasteiger charge is 2.34. The van der Waals surface area contributed by atoms with Gasteiger partial charge in [-0.3, -0.25) is 4.18 Å². The van der Waals surface area contributed by atoms with Gasteiger partial charge in [-0.15, -0.1) is 0 Å². The number of piperidine rings is 1. The van der Waals surface area contributed by atoms with Crippen molar-refractivity contribution >= 4 is 16.2 Å². The Morgan fingerprint density at radius 1 is 1.36 bits per heavy atom. The average Bonchev–Trinajstić information content (AvgIpc) is 2.46. The first kappa shape index (κ1) is 16.7. The van der Waals surface area contributed by atoms with Crippen LogP contribution in [0.4, 0.5) is 9.18 Å². The van der Waals surface area contributed by atoms with E-state index in [0.29, 0.717) is 0 Å². The molecule has 1 heterocycles. The monoisotopic (exact) mass is 331 g/mol. The molecule has 0 radical (unpaired) electrons. The zero-order valence-corrected chi connectivity index (χ0v) is 13.0. The summed E-state index contributed by atoms with van der Waals surface area (Å²) in [5, 5.41) is 0. The highest BCUT2D eigenvalue weighted by molar-refractivity contribution is 7.86. The Labute approximate surface area is 128 Å². The van der Waals surface area contributed by atoms with Gasteiger partial charge in [0.25, 0.3) is 10.1 Å². The zero-order valence-electron chi connectivity index (χ0n) is 12.1. The number of amides is 1. The van der Waals surface area contributed by atoms with E-state index in [9.17, 15) is 17.6 Å². The molecule has 6 nitrogen and oxygen atoms in total. The van der Waals surface area contributed by atoms with Gasteiger partial charge in [-0.2, -0.15) is 8.42 Å². The fourth-order valence-electron chi connectivity index (χ4n) is 2.19. The van der Waals surface area contributed by atoms with Crippen LogP contribution in [0.25, 0.3) is 0 Å². The number of likely N-dealkylation sites (tertiary alicyclic amines) is 1. The van der Waals surface area contributed by atoms with Crippen molar-refractivity contribution in [1.82, 2.24) is 4.90 Å². The molecule has 1 aromatic carbocycles. The highest BCUT2D eigenvalue weighted by Crippen LogP contribution is 2.19. The third kappa shape index (κ3) is 4.96. The lowest BCUT2D eigenvalue weighted by molar-refractivity contribution is 0.0180. The van der Waals surface area contributed by atoms with E-state index in [1.54, 1.807) is 0 Å². The standard InChI is InChI=1S/C14H18FNO5S/c1-22(18,19)21-13-7-8-16(9-12(13)15)14(17)20-10-11-5-3-2-4-6-11/h2-6,12-13H,7-10H2,1H3. The predicted octanol–water partition coefficient (Wildman–Crippen LogP) is 1.71. The summed E-state index contributed by atoms with van der Waals surface area (Å²) in [6.45, 7) is 0.0540. The maximum Gasteiger partial charge on any atom is 0.410 e. The molecule has 2 atom stereocenters. The van der Waals surface area contributed by atoms with E-state index in [-0.39, 0.29) is 26.1 Å². The molecule has 2 rings (SSSR count). The number of hydrogen-bond acceptors (Lipinski definition) is 5. The maximum atomic E-state index is 13.9. The number of halogens is 1. The summed E-state index contributed by atoms with van der Waals surface area (Å²) in [5.74, 6) is 0. The van der Waals surface area contributed by atoms with Crippen molar-refractivity contribution in [1.29, 1.82) is 0 Å². The second-order valence-corrected chi connectivity index (χ2v) is 6.73. The van der Waals surface area contributed by atoms with Gasteiger partial charge < -0.3 is 9.64 Å². The topological polar surface area (TPSA) is 72.9 Å². The molecule has 0 aromatic heterocycles. The molecule has 0 spiro atoms. The van der Waals surface area contributed by atoms with Crippen LogP contribution in [0.1, 0.15) is 12.0 Å². The number of carbonyl (C=O) groups excluding carboxylic acids is 1. The molecule has 1 aliphatic heterocycles. The molecule has 1 saturated heterocycles. The zero-order chi connectivity index (χ0) is 16.2. The minimum absolute atomic E-state index is 0.106. The van der Waals surface area contributed by atoms with E-state index in [4.69, 9.17) is 4.74 Å². The minimum atomic E-state index is -3.72.